The van der Waals surface area contributed by atoms with Gasteiger partial charge in [-0.05, 0) is 69.7 Å². The Kier molecular flexibility index (Phi) is 9.60. The summed E-state index contributed by atoms with van der Waals surface area (Å²) >= 11 is 0. The summed E-state index contributed by atoms with van der Waals surface area (Å²) in [6.07, 6.45) is 4.46. The maximum absolute atomic E-state index is 13.5. The SMILES string of the molecule is CN=C(NCCc1c[nH]c2ccc(F)cc12)NCC1CCCN(C(=O)OC(C)(C)C)C1.I. The lowest BCUT2D eigenvalue weighted by atomic mass is 9.98. The van der Waals surface area contributed by atoms with Crippen LogP contribution in [0.2, 0.25) is 0 Å². The first-order chi connectivity index (χ1) is 14.7. The van der Waals surface area contributed by atoms with Gasteiger partial charge in [-0.2, -0.15) is 0 Å². The van der Waals surface area contributed by atoms with Crippen molar-refractivity contribution in [3.63, 3.8) is 0 Å². The lowest BCUT2D eigenvalue weighted by Crippen LogP contribution is -2.47. The first-order valence-electron chi connectivity index (χ1n) is 10.9. The molecule has 178 valence electrons. The number of nitrogens with zero attached hydrogens (tertiary/aromatic N) is 2. The van der Waals surface area contributed by atoms with Crippen molar-refractivity contribution in [2.24, 2.45) is 10.9 Å². The van der Waals surface area contributed by atoms with Crippen LogP contribution >= 0.6 is 24.0 Å². The van der Waals surface area contributed by atoms with Crippen LogP contribution in [0.1, 0.15) is 39.2 Å². The van der Waals surface area contributed by atoms with E-state index in [1.165, 1.54) is 6.07 Å². The Morgan fingerprint density at radius 1 is 1.34 bits per heavy atom. The molecule has 0 spiro atoms. The second kappa shape index (κ2) is 11.7. The van der Waals surface area contributed by atoms with E-state index in [0.717, 1.165) is 54.8 Å². The number of H-pyrrole nitrogens is 1. The molecule has 3 rings (SSSR count). The molecule has 3 N–H and O–H groups in total. The standard InChI is InChI=1S/C23H34FN5O2.HI/c1-23(2,3)31-22(30)29-11-5-6-16(15-29)13-28-21(25-4)26-10-9-17-14-27-20-8-7-18(24)12-19(17)20;/h7-8,12,14,16,27H,5-6,9-11,13,15H2,1-4H3,(H2,25,26,28);1H. The lowest BCUT2D eigenvalue weighted by Gasteiger charge is -2.34. The summed E-state index contributed by atoms with van der Waals surface area (Å²) < 4.78 is 19.0. The van der Waals surface area contributed by atoms with Crippen LogP contribution in [0.3, 0.4) is 0 Å². The summed E-state index contributed by atoms with van der Waals surface area (Å²) in [7, 11) is 1.74. The van der Waals surface area contributed by atoms with Gasteiger partial charge in [-0.3, -0.25) is 4.99 Å². The fourth-order valence-corrected chi connectivity index (χ4v) is 3.86. The van der Waals surface area contributed by atoms with Crippen molar-refractivity contribution in [2.75, 3.05) is 33.2 Å². The first-order valence-corrected chi connectivity index (χ1v) is 10.9. The van der Waals surface area contributed by atoms with E-state index in [1.54, 1.807) is 24.1 Å². The van der Waals surface area contributed by atoms with E-state index in [4.69, 9.17) is 4.74 Å². The van der Waals surface area contributed by atoms with Crippen molar-refractivity contribution < 1.29 is 13.9 Å². The molecule has 1 aliphatic rings. The number of ether oxygens (including phenoxy) is 1. The maximum atomic E-state index is 13.5. The van der Waals surface area contributed by atoms with Gasteiger partial charge in [0.15, 0.2) is 5.96 Å². The van der Waals surface area contributed by atoms with Gasteiger partial charge in [-0.1, -0.05) is 0 Å². The molecule has 0 aliphatic carbocycles. The predicted molar refractivity (Wildman–Crippen MR) is 137 cm³/mol. The van der Waals surface area contributed by atoms with Gasteiger partial charge in [0, 0.05) is 50.3 Å². The number of hydrogen-bond donors (Lipinski definition) is 3. The third kappa shape index (κ3) is 7.53. The normalized spacial score (nSPS) is 17.1. The number of likely N-dealkylation sites (tertiary alicyclic amines) is 1. The second-order valence-corrected chi connectivity index (χ2v) is 9.07. The van der Waals surface area contributed by atoms with Crippen molar-refractivity contribution in [1.29, 1.82) is 0 Å². The van der Waals surface area contributed by atoms with E-state index in [0.29, 0.717) is 19.0 Å². The Labute approximate surface area is 206 Å². The van der Waals surface area contributed by atoms with Crippen LogP contribution in [-0.4, -0.2) is 60.8 Å². The number of aliphatic imine (C=N–C) groups is 1. The fraction of sp³-hybridized carbons (Fsp3) is 0.565. The molecule has 1 atom stereocenters. The molecule has 2 heterocycles. The Morgan fingerprint density at radius 3 is 2.84 bits per heavy atom. The number of amides is 1. The van der Waals surface area contributed by atoms with Crippen LogP contribution in [0.15, 0.2) is 29.4 Å². The highest BCUT2D eigenvalue weighted by Crippen LogP contribution is 2.20. The zero-order valence-corrected chi connectivity index (χ0v) is 21.7. The number of rotatable bonds is 5. The molecule has 0 radical (unpaired) electrons. The molecule has 7 nitrogen and oxygen atoms in total. The third-order valence-electron chi connectivity index (χ3n) is 5.37. The average molecular weight is 559 g/mol. The maximum Gasteiger partial charge on any atom is 0.410 e. The molecule has 0 saturated carbocycles. The monoisotopic (exact) mass is 559 g/mol. The molecule has 1 amide bonds. The highest BCUT2D eigenvalue weighted by molar-refractivity contribution is 14.0. The van der Waals surface area contributed by atoms with E-state index < -0.39 is 5.60 Å². The number of carbonyl (C=O) groups is 1. The van der Waals surface area contributed by atoms with Gasteiger partial charge in [0.1, 0.15) is 11.4 Å². The Bertz CT molecular complexity index is 925. The van der Waals surface area contributed by atoms with Crippen molar-refractivity contribution in [3.05, 3.63) is 35.8 Å². The second-order valence-electron chi connectivity index (χ2n) is 9.07. The number of aromatic amines is 1. The van der Waals surface area contributed by atoms with Crippen LogP contribution in [0, 0.1) is 11.7 Å². The topological polar surface area (TPSA) is 81.8 Å². The minimum absolute atomic E-state index is 0. The smallest absolute Gasteiger partial charge is 0.410 e. The summed E-state index contributed by atoms with van der Waals surface area (Å²) in [5, 5.41) is 7.59. The van der Waals surface area contributed by atoms with Gasteiger partial charge in [0.2, 0.25) is 0 Å². The molecular formula is C23H35FIN5O2. The summed E-state index contributed by atoms with van der Waals surface area (Å²) in [5.41, 5.74) is 1.52. The fourth-order valence-electron chi connectivity index (χ4n) is 3.86. The van der Waals surface area contributed by atoms with Crippen LogP contribution in [-0.2, 0) is 11.2 Å². The molecule has 0 bridgehead atoms. The average Bonchev–Trinajstić information content (AvgIpc) is 3.11. The van der Waals surface area contributed by atoms with Gasteiger partial charge < -0.3 is 25.3 Å². The van der Waals surface area contributed by atoms with E-state index in [-0.39, 0.29) is 35.9 Å². The number of benzene rings is 1. The number of guanidine groups is 1. The van der Waals surface area contributed by atoms with E-state index in [1.807, 2.05) is 27.0 Å². The molecule has 1 saturated heterocycles. The van der Waals surface area contributed by atoms with Crippen molar-refractivity contribution in [3.8, 4) is 0 Å². The zero-order chi connectivity index (χ0) is 22.4. The van der Waals surface area contributed by atoms with Crippen molar-refractivity contribution >= 4 is 46.9 Å². The van der Waals surface area contributed by atoms with Gasteiger partial charge in [-0.15, -0.1) is 24.0 Å². The first kappa shape index (κ1) is 26.2. The van der Waals surface area contributed by atoms with Gasteiger partial charge in [0.25, 0.3) is 0 Å². The minimum Gasteiger partial charge on any atom is -0.444 e. The molecule has 1 fully saturated rings. The minimum atomic E-state index is -0.481. The van der Waals surface area contributed by atoms with Gasteiger partial charge in [0.05, 0.1) is 0 Å². The highest BCUT2D eigenvalue weighted by atomic mass is 127. The van der Waals surface area contributed by atoms with Crippen molar-refractivity contribution in [2.45, 2.75) is 45.6 Å². The van der Waals surface area contributed by atoms with Crippen molar-refractivity contribution in [1.82, 2.24) is 20.5 Å². The Balaban J connectivity index is 0.00000363. The zero-order valence-electron chi connectivity index (χ0n) is 19.3. The number of carbonyl (C=O) groups excluding carboxylic acids is 1. The highest BCUT2D eigenvalue weighted by Gasteiger charge is 2.27. The van der Waals surface area contributed by atoms with E-state index in [9.17, 15) is 9.18 Å². The summed E-state index contributed by atoms with van der Waals surface area (Å²) in [4.78, 5) is 21.6. The van der Waals surface area contributed by atoms with E-state index in [2.05, 4.69) is 20.6 Å². The molecule has 1 aliphatic heterocycles. The summed E-state index contributed by atoms with van der Waals surface area (Å²) in [6, 6.07) is 4.78. The summed E-state index contributed by atoms with van der Waals surface area (Å²) in [5.74, 6) is 0.837. The summed E-state index contributed by atoms with van der Waals surface area (Å²) in [6.45, 7) is 8.49. The van der Waals surface area contributed by atoms with Gasteiger partial charge >= 0.3 is 6.09 Å². The lowest BCUT2D eigenvalue weighted by molar-refractivity contribution is 0.0168. The Hall–Kier alpha value is -2.04. The van der Waals surface area contributed by atoms with Crippen LogP contribution in [0.4, 0.5) is 9.18 Å². The largest absolute Gasteiger partial charge is 0.444 e. The molecule has 9 heteroatoms. The molecule has 1 unspecified atom stereocenters. The number of aromatic nitrogens is 1. The van der Waals surface area contributed by atoms with Crippen LogP contribution in [0.25, 0.3) is 10.9 Å². The third-order valence-corrected chi connectivity index (χ3v) is 5.37. The van der Waals surface area contributed by atoms with Crippen LogP contribution in [0.5, 0.6) is 0 Å². The number of fused-ring (bicyclic) bond motifs is 1. The Morgan fingerprint density at radius 2 is 2.12 bits per heavy atom. The molecular weight excluding hydrogens is 524 g/mol. The molecule has 1 aromatic carbocycles. The van der Waals surface area contributed by atoms with Gasteiger partial charge in [-0.25, -0.2) is 9.18 Å². The molecule has 32 heavy (non-hydrogen) atoms. The predicted octanol–water partition coefficient (Wildman–Crippen LogP) is 4.28. The quantitative estimate of drug-likeness (QED) is 0.290. The number of piperidine rings is 1. The molecule has 1 aromatic heterocycles. The number of nitrogens with one attached hydrogen (secondary N) is 3. The number of hydrogen-bond acceptors (Lipinski definition) is 3. The van der Waals surface area contributed by atoms with E-state index >= 15 is 0 Å². The molecule has 2 aromatic rings. The van der Waals surface area contributed by atoms with Crippen LogP contribution < -0.4 is 10.6 Å². The number of halogens is 2.